The Morgan fingerprint density at radius 2 is 2.03 bits per heavy atom. The van der Waals surface area contributed by atoms with Crippen LogP contribution < -0.4 is 10.6 Å². The van der Waals surface area contributed by atoms with Crippen LogP contribution in [0.25, 0.3) is 22.6 Å². The minimum Gasteiger partial charge on any atom is -0.465 e. The predicted molar refractivity (Wildman–Crippen MR) is 124 cm³/mol. The first-order valence-electron chi connectivity index (χ1n) is 9.97. The monoisotopic (exact) mass is 445 g/mol. The number of amides is 1. The summed E-state index contributed by atoms with van der Waals surface area (Å²) in [5, 5.41) is 7.48. The molecule has 1 fully saturated rings. The van der Waals surface area contributed by atoms with E-state index < -0.39 is 0 Å². The summed E-state index contributed by atoms with van der Waals surface area (Å²) in [6, 6.07) is 12.0. The van der Waals surface area contributed by atoms with Crippen molar-refractivity contribution in [2.24, 2.45) is 0 Å². The number of benzene rings is 1. The molecule has 2 aliphatic rings. The summed E-state index contributed by atoms with van der Waals surface area (Å²) in [6.45, 7) is 1.79. The maximum Gasteiger partial charge on any atom is 0.252 e. The molecule has 3 heterocycles. The molecule has 0 radical (unpaired) electrons. The van der Waals surface area contributed by atoms with Crippen LogP contribution >= 0.6 is 24.8 Å². The zero-order valence-corrected chi connectivity index (χ0v) is 18.2. The molecule has 0 spiro atoms. The Kier molecular flexibility index (Phi) is 7.19. The maximum absolute atomic E-state index is 13.3. The molecule has 7 heteroatoms. The van der Waals surface area contributed by atoms with E-state index in [4.69, 9.17) is 9.40 Å². The summed E-state index contributed by atoms with van der Waals surface area (Å²) in [6.07, 6.45) is 7.52. The second-order valence-electron chi connectivity index (χ2n) is 7.53. The molecule has 1 saturated heterocycles. The molecule has 2 aromatic heterocycles. The molecule has 0 saturated carbocycles. The van der Waals surface area contributed by atoms with Crippen LogP contribution in [0.2, 0.25) is 0 Å². The van der Waals surface area contributed by atoms with Crippen molar-refractivity contribution in [3.8, 4) is 0 Å². The lowest BCUT2D eigenvalue weighted by atomic mass is 9.86. The second-order valence-corrected chi connectivity index (χ2v) is 7.53. The van der Waals surface area contributed by atoms with Gasteiger partial charge in [-0.1, -0.05) is 18.2 Å². The number of hydrogen-bond donors (Lipinski definition) is 2. The number of allylic oxidation sites excluding steroid dienone is 1. The van der Waals surface area contributed by atoms with Gasteiger partial charge >= 0.3 is 0 Å². The van der Waals surface area contributed by atoms with E-state index in [0.29, 0.717) is 0 Å². The van der Waals surface area contributed by atoms with Crippen molar-refractivity contribution >= 4 is 53.3 Å². The van der Waals surface area contributed by atoms with E-state index in [9.17, 15) is 4.79 Å². The third kappa shape index (κ3) is 4.24. The van der Waals surface area contributed by atoms with E-state index in [2.05, 4.69) is 16.7 Å². The molecule has 2 N–H and O–H groups in total. The van der Waals surface area contributed by atoms with Crippen molar-refractivity contribution in [1.82, 2.24) is 15.6 Å². The highest BCUT2D eigenvalue weighted by atomic mass is 35.5. The lowest BCUT2D eigenvalue weighted by Crippen LogP contribution is -2.37. The fraction of sp³-hybridized carbons (Fsp3) is 0.304. The fourth-order valence-electron chi connectivity index (χ4n) is 4.31. The average Bonchev–Trinajstić information content (AvgIpc) is 3.41. The minimum absolute atomic E-state index is 0. The van der Waals surface area contributed by atoms with Gasteiger partial charge in [0.25, 0.3) is 5.91 Å². The van der Waals surface area contributed by atoms with Gasteiger partial charge < -0.3 is 15.1 Å². The first-order chi connectivity index (χ1) is 13.8. The molecule has 30 heavy (non-hydrogen) atoms. The fourth-order valence-corrected chi connectivity index (χ4v) is 4.31. The van der Waals surface area contributed by atoms with Crippen molar-refractivity contribution < 1.29 is 9.21 Å². The molecular formula is C23H25Cl2N3O2. The third-order valence-electron chi connectivity index (χ3n) is 5.65. The molecule has 1 atom stereocenters. The largest absolute Gasteiger partial charge is 0.465 e. The van der Waals surface area contributed by atoms with Crippen LogP contribution in [0.5, 0.6) is 0 Å². The highest BCUT2D eigenvalue weighted by molar-refractivity contribution is 6.09. The lowest BCUT2D eigenvalue weighted by molar-refractivity contribution is 0.0940. The van der Waals surface area contributed by atoms with Crippen LogP contribution in [-0.4, -0.2) is 30.0 Å². The zero-order chi connectivity index (χ0) is 18.9. The number of para-hydroxylation sites is 1. The molecule has 5 nitrogen and oxygen atoms in total. The summed E-state index contributed by atoms with van der Waals surface area (Å²) >= 11 is 0. The zero-order valence-electron chi connectivity index (χ0n) is 16.5. The minimum atomic E-state index is 0. The van der Waals surface area contributed by atoms with Gasteiger partial charge in [-0.3, -0.25) is 4.79 Å². The van der Waals surface area contributed by atoms with Gasteiger partial charge in [0.2, 0.25) is 0 Å². The van der Waals surface area contributed by atoms with Crippen LogP contribution in [0, 0.1) is 0 Å². The Morgan fingerprint density at radius 3 is 2.80 bits per heavy atom. The Hall–Kier alpha value is -2.34. The van der Waals surface area contributed by atoms with Crippen LogP contribution in [0.3, 0.4) is 0 Å². The van der Waals surface area contributed by atoms with Gasteiger partial charge in [-0.05, 0) is 67.6 Å². The molecule has 158 valence electrons. The number of halogens is 2. The molecular weight excluding hydrogens is 421 g/mol. The van der Waals surface area contributed by atoms with Gasteiger partial charge in [0.1, 0.15) is 5.76 Å². The lowest BCUT2D eigenvalue weighted by Gasteiger charge is -2.23. The van der Waals surface area contributed by atoms with Crippen molar-refractivity contribution in [3.05, 3.63) is 65.2 Å². The van der Waals surface area contributed by atoms with Gasteiger partial charge in [-0.15, -0.1) is 24.8 Å². The highest BCUT2D eigenvalue weighted by Crippen LogP contribution is 2.36. The Morgan fingerprint density at radius 1 is 1.17 bits per heavy atom. The van der Waals surface area contributed by atoms with Crippen LogP contribution in [-0.2, 0) is 6.42 Å². The number of aromatic nitrogens is 1. The van der Waals surface area contributed by atoms with Crippen LogP contribution in [0.15, 0.2) is 47.1 Å². The molecule has 1 unspecified atom stereocenters. The number of furan rings is 1. The standard InChI is InChI=1S/C23H23N3O2.2ClH/c27-23(25-16-10-11-24-14-16)21-18-7-1-2-9-20(18)26-22-15(5-3-8-19(21)22)13-17-6-4-12-28-17;;/h1-2,4,6-7,9,12-13,16,24H,3,5,8,10-11,14H2,(H,25,27);2*1H/b15-13-;;. The number of rotatable bonds is 3. The van der Waals surface area contributed by atoms with Gasteiger partial charge in [-0.2, -0.15) is 0 Å². The van der Waals surface area contributed by atoms with Gasteiger partial charge in [0, 0.05) is 18.0 Å². The van der Waals surface area contributed by atoms with Crippen LogP contribution in [0.1, 0.15) is 46.6 Å². The van der Waals surface area contributed by atoms with Crippen molar-refractivity contribution in [2.75, 3.05) is 13.1 Å². The van der Waals surface area contributed by atoms with Gasteiger partial charge in [0.15, 0.2) is 0 Å². The SMILES string of the molecule is Cl.Cl.O=C(NC1CCNC1)c1c2c(nc3ccccc13)/C(=C\c1ccco1)CCC2. The summed E-state index contributed by atoms with van der Waals surface area (Å²) < 4.78 is 5.51. The Balaban J connectivity index is 0.00000128. The number of carbonyl (C=O) groups excluding carboxylic acids is 1. The first-order valence-corrected chi connectivity index (χ1v) is 9.97. The van der Waals surface area contributed by atoms with Gasteiger partial charge in [-0.25, -0.2) is 4.98 Å². The number of hydrogen-bond acceptors (Lipinski definition) is 4. The van der Waals surface area contributed by atoms with Crippen molar-refractivity contribution in [3.63, 3.8) is 0 Å². The quantitative estimate of drug-likeness (QED) is 0.615. The summed E-state index contributed by atoms with van der Waals surface area (Å²) in [5.41, 5.74) is 4.79. The molecule has 0 bridgehead atoms. The maximum atomic E-state index is 13.3. The predicted octanol–water partition coefficient (Wildman–Crippen LogP) is 4.64. The number of fused-ring (bicyclic) bond motifs is 2. The molecule has 1 aliphatic heterocycles. The van der Waals surface area contributed by atoms with E-state index in [1.165, 1.54) is 0 Å². The normalized spacial score (nSPS) is 19.1. The van der Waals surface area contributed by atoms with Gasteiger partial charge in [0.05, 0.1) is 23.0 Å². The Bertz CT molecular complexity index is 1060. The smallest absolute Gasteiger partial charge is 0.252 e. The number of pyridine rings is 1. The van der Waals surface area contributed by atoms with E-state index in [1.807, 2.05) is 36.4 Å². The average molecular weight is 446 g/mol. The third-order valence-corrected chi connectivity index (χ3v) is 5.65. The molecule has 1 aliphatic carbocycles. The summed E-state index contributed by atoms with van der Waals surface area (Å²) in [5.74, 6) is 0.837. The molecule has 1 aromatic carbocycles. The topological polar surface area (TPSA) is 67.2 Å². The van der Waals surface area contributed by atoms with E-state index in [1.54, 1.807) is 6.26 Å². The van der Waals surface area contributed by atoms with Crippen LogP contribution in [0.4, 0.5) is 0 Å². The number of nitrogens with one attached hydrogen (secondary N) is 2. The summed E-state index contributed by atoms with van der Waals surface area (Å²) in [4.78, 5) is 18.3. The number of nitrogens with zero attached hydrogens (tertiary/aromatic N) is 1. The highest BCUT2D eigenvalue weighted by Gasteiger charge is 2.27. The Labute approximate surface area is 188 Å². The number of carbonyl (C=O) groups is 1. The van der Waals surface area contributed by atoms with Crippen molar-refractivity contribution in [2.45, 2.75) is 31.7 Å². The van der Waals surface area contributed by atoms with E-state index >= 15 is 0 Å². The molecule has 5 rings (SSSR count). The molecule has 1 amide bonds. The van der Waals surface area contributed by atoms with Crippen molar-refractivity contribution in [1.29, 1.82) is 0 Å². The van der Waals surface area contributed by atoms with E-state index in [0.717, 1.165) is 77.8 Å². The molecule has 3 aromatic rings. The summed E-state index contributed by atoms with van der Waals surface area (Å²) in [7, 11) is 0. The second kappa shape index (κ2) is 9.65. The van der Waals surface area contributed by atoms with E-state index in [-0.39, 0.29) is 36.8 Å². The first kappa shape index (κ1) is 22.3.